The third-order valence-electron chi connectivity index (χ3n) is 2.46. The molecule has 0 saturated carbocycles. The van der Waals surface area contributed by atoms with Gasteiger partial charge in [0.25, 0.3) is 0 Å². The van der Waals surface area contributed by atoms with E-state index in [2.05, 4.69) is 18.9 Å². The van der Waals surface area contributed by atoms with Crippen LogP contribution in [0, 0.1) is 5.41 Å². The normalized spacial score (nSPS) is 30.8. The first kappa shape index (κ1) is 11.9. The van der Waals surface area contributed by atoms with Crippen LogP contribution in [-0.2, 0) is 0 Å². The van der Waals surface area contributed by atoms with Gasteiger partial charge in [-0.15, -0.1) is 0 Å². The van der Waals surface area contributed by atoms with Crippen LogP contribution >= 0.6 is 0 Å². The first-order chi connectivity index (χ1) is 5.66. The molecule has 1 fully saturated rings. The highest BCUT2D eigenvalue weighted by atomic mass is 15.1. The fourth-order valence-corrected chi connectivity index (χ4v) is 1.75. The summed E-state index contributed by atoms with van der Waals surface area (Å²) in [6.07, 6.45) is 2.61. The van der Waals surface area contributed by atoms with Gasteiger partial charge in [0.15, 0.2) is 0 Å². The Morgan fingerprint density at radius 3 is 2.33 bits per heavy atom. The minimum atomic E-state index is 0.396. The minimum Gasteiger partial charge on any atom is -0.330 e. The van der Waals surface area contributed by atoms with Crippen LogP contribution in [-0.4, -0.2) is 31.6 Å². The van der Waals surface area contributed by atoms with Gasteiger partial charge in [0, 0.05) is 6.54 Å². The van der Waals surface area contributed by atoms with Gasteiger partial charge >= 0.3 is 0 Å². The molecule has 0 radical (unpaired) electrons. The summed E-state index contributed by atoms with van der Waals surface area (Å²) in [6.45, 7) is 9.53. The molecule has 0 aromatic rings. The fourth-order valence-electron chi connectivity index (χ4n) is 1.75. The Morgan fingerprint density at radius 1 is 1.42 bits per heavy atom. The molecule has 2 N–H and O–H groups in total. The van der Waals surface area contributed by atoms with Gasteiger partial charge in [-0.1, -0.05) is 20.8 Å². The zero-order valence-electron chi connectivity index (χ0n) is 9.06. The van der Waals surface area contributed by atoms with Gasteiger partial charge in [-0.25, -0.2) is 0 Å². The van der Waals surface area contributed by atoms with Crippen LogP contribution in [0.3, 0.4) is 0 Å². The van der Waals surface area contributed by atoms with E-state index in [0.717, 1.165) is 6.54 Å². The van der Waals surface area contributed by atoms with Crippen molar-refractivity contribution >= 4 is 0 Å². The first-order valence-corrected chi connectivity index (χ1v) is 5.05. The summed E-state index contributed by atoms with van der Waals surface area (Å²) in [5, 5.41) is 0. The molecule has 74 valence electrons. The minimum absolute atomic E-state index is 0.396. The molecule has 1 heterocycles. The summed E-state index contributed by atoms with van der Waals surface area (Å²) in [7, 11) is 2.17. The van der Waals surface area contributed by atoms with E-state index in [1.54, 1.807) is 0 Å². The largest absolute Gasteiger partial charge is 0.330 e. The predicted molar refractivity (Wildman–Crippen MR) is 55.2 cm³/mol. The second-order valence-electron chi connectivity index (χ2n) is 3.86. The van der Waals surface area contributed by atoms with Gasteiger partial charge in [0.05, 0.1) is 0 Å². The highest BCUT2D eigenvalue weighted by Crippen LogP contribution is 2.26. The number of hydrogen-bond donors (Lipinski definition) is 1. The Bertz CT molecular complexity index is 114. The number of piperidine rings is 1. The lowest BCUT2D eigenvalue weighted by atomic mass is 9.82. The lowest BCUT2D eigenvalue weighted by Crippen LogP contribution is -2.43. The SMILES string of the molecule is CC.CN1CCCC(C)(CN)C1. The van der Waals surface area contributed by atoms with E-state index in [-0.39, 0.29) is 0 Å². The van der Waals surface area contributed by atoms with Crippen LogP contribution in [0.2, 0.25) is 0 Å². The van der Waals surface area contributed by atoms with Crippen molar-refractivity contribution in [3.63, 3.8) is 0 Å². The molecular weight excluding hydrogens is 148 g/mol. The van der Waals surface area contributed by atoms with Gasteiger partial charge in [0.2, 0.25) is 0 Å². The summed E-state index contributed by atoms with van der Waals surface area (Å²) in [4.78, 5) is 2.37. The van der Waals surface area contributed by atoms with Crippen molar-refractivity contribution in [1.29, 1.82) is 0 Å². The monoisotopic (exact) mass is 172 g/mol. The molecule has 0 aromatic heterocycles. The fraction of sp³-hybridized carbons (Fsp3) is 1.00. The molecule has 0 bridgehead atoms. The van der Waals surface area contributed by atoms with E-state index in [1.165, 1.54) is 25.9 Å². The molecule has 0 amide bonds. The molecule has 1 aliphatic heterocycles. The van der Waals surface area contributed by atoms with E-state index < -0.39 is 0 Å². The number of hydrogen-bond acceptors (Lipinski definition) is 2. The van der Waals surface area contributed by atoms with Crippen molar-refractivity contribution in [1.82, 2.24) is 4.90 Å². The maximum absolute atomic E-state index is 5.67. The Balaban J connectivity index is 0.000000561. The van der Waals surface area contributed by atoms with Crippen molar-refractivity contribution in [2.24, 2.45) is 11.1 Å². The third kappa shape index (κ3) is 3.55. The zero-order chi connectivity index (χ0) is 9.61. The highest BCUT2D eigenvalue weighted by Gasteiger charge is 2.27. The molecule has 1 atom stereocenters. The highest BCUT2D eigenvalue weighted by molar-refractivity contribution is 4.82. The maximum atomic E-state index is 5.67. The Morgan fingerprint density at radius 2 is 2.00 bits per heavy atom. The molecule has 0 aromatic carbocycles. The molecule has 12 heavy (non-hydrogen) atoms. The molecular formula is C10H24N2. The average molecular weight is 172 g/mol. The van der Waals surface area contributed by atoms with Gasteiger partial charge < -0.3 is 10.6 Å². The van der Waals surface area contributed by atoms with Crippen LogP contribution in [0.25, 0.3) is 0 Å². The number of likely N-dealkylation sites (tertiary alicyclic amines) is 1. The van der Waals surface area contributed by atoms with Crippen molar-refractivity contribution < 1.29 is 0 Å². The predicted octanol–water partition coefficient (Wildman–Crippen LogP) is 1.70. The average Bonchev–Trinajstić information content (AvgIpc) is 2.08. The summed E-state index contributed by atoms with van der Waals surface area (Å²) in [6, 6.07) is 0. The Hall–Kier alpha value is -0.0800. The number of nitrogens with zero attached hydrogens (tertiary/aromatic N) is 1. The smallest absolute Gasteiger partial charge is 0.00444 e. The Labute approximate surface area is 77.1 Å². The molecule has 0 spiro atoms. The topological polar surface area (TPSA) is 29.3 Å². The first-order valence-electron chi connectivity index (χ1n) is 5.05. The Kier molecular flexibility index (Phi) is 5.51. The number of nitrogens with two attached hydrogens (primary N) is 1. The van der Waals surface area contributed by atoms with E-state index in [1.807, 2.05) is 13.8 Å². The van der Waals surface area contributed by atoms with Crippen molar-refractivity contribution in [3.05, 3.63) is 0 Å². The maximum Gasteiger partial charge on any atom is 0.00444 e. The van der Waals surface area contributed by atoms with Crippen LogP contribution in [0.5, 0.6) is 0 Å². The van der Waals surface area contributed by atoms with E-state index in [9.17, 15) is 0 Å². The molecule has 0 aliphatic carbocycles. The zero-order valence-corrected chi connectivity index (χ0v) is 9.06. The summed E-state index contributed by atoms with van der Waals surface area (Å²) in [5.41, 5.74) is 6.07. The quantitative estimate of drug-likeness (QED) is 0.652. The third-order valence-corrected chi connectivity index (χ3v) is 2.46. The van der Waals surface area contributed by atoms with E-state index in [0.29, 0.717) is 5.41 Å². The summed E-state index contributed by atoms with van der Waals surface area (Å²) in [5.74, 6) is 0. The van der Waals surface area contributed by atoms with Crippen molar-refractivity contribution in [3.8, 4) is 0 Å². The lowest BCUT2D eigenvalue weighted by molar-refractivity contribution is 0.133. The second-order valence-corrected chi connectivity index (χ2v) is 3.86. The molecule has 1 unspecified atom stereocenters. The lowest BCUT2D eigenvalue weighted by Gasteiger charge is -2.37. The summed E-state index contributed by atoms with van der Waals surface area (Å²) >= 11 is 0. The summed E-state index contributed by atoms with van der Waals surface area (Å²) < 4.78 is 0. The van der Waals surface area contributed by atoms with Gasteiger partial charge in [-0.05, 0) is 38.4 Å². The number of rotatable bonds is 1. The molecule has 2 nitrogen and oxygen atoms in total. The van der Waals surface area contributed by atoms with Gasteiger partial charge in [-0.3, -0.25) is 0 Å². The molecule has 1 rings (SSSR count). The molecule has 1 saturated heterocycles. The molecule has 2 heteroatoms. The van der Waals surface area contributed by atoms with Crippen LogP contribution in [0.15, 0.2) is 0 Å². The van der Waals surface area contributed by atoms with Crippen molar-refractivity contribution in [2.45, 2.75) is 33.6 Å². The second kappa shape index (κ2) is 5.55. The standard InChI is InChI=1S/C8H18N2.C2H6/c1-8(6-9)4-3-5-10(2)7-8;1-2/h3-7,9H2,1-2H3;1-2H3. The van der Waals surface area contributed by atoms with Crippen LogP contribution in [0.1, 0.15) is 33.6 Å². The van der Waals surface area contributed by atoms with Crippen LogP contribution < -0.4 is 5.73 Å². The van der Waals surface area contributed by atoms with Crippen LogP contribution in [0.4, 0.5) is 0 Å². The molecule has 1 aliphatic rings. The van der Waals surface area contributed by atoms with Gasteiger partial charge in [-0.2, -0.15) is 0 Å². The van der Waals surface area contributed by atoms with Crippen molar-refractivity contribution in [2.75, 3.05) is 26.7 Å². The van der Waals surface area contributed by atoms with E-state index in [4.69, 9.17) is 5.73 Å². The van der Waals surface area contributed by atoms with Gasteiger partial charge in [0.1, 0.15) is 0 Å². The van der Waals surface area contributed by atoms with E-state index >= 15 is 0 Å².